The number of aliphatic hydroxyl groups excluding tert-OH is 1. The van der Waals surface area contributed by atoms with E-state index in [1.807, 2.05) is 25.1 Å². The van der Waals surface area contributed by atoms with Gasteiger partial charge in [-0.2, -0.15) is 0 Å². The van der Waals surface area contributed by atoms with Gasteiger partial charge in [-0.05, 0) is 24.0 Å². The largest absolute Gasteiger partial charge is 0.490 e. The minimum Gasteiger partial charge on any atom is -0.490 e. The monoisotopic (exact) mass is 192 g/mol. The average molecular weight is 192 g/mol. The van der Waals surface area contributed by atoms with Crippen molar-refractivity contribution in [3.8, 4) is 5.75 Å². The molecule has 2 nitrogen and oxygen atoms in total. The number of ether oxygens (including phenoxy) is 1. The van der Waals surface area contributed by atoms with E-state index < -0.39 is 0 Å². The molecule has 1 aliphatic rings. The summed E-state index contributed by atoms with van der Waals surface area (Å²) in [7, 11) is 0. The van der Waals surface area contributed by atoms with E-state index in [1.54, 1.807) is 0 Å². The highest BCUT2D eigenvalue weighted by Crippen LogP contribution is 2.30. The van der Waals surface area contributed by atoms with Crippen LogP contribution in [0.3, 0.4) is 0 Å². The van der Waals surface area contributed by atoms with Crippen LogP contribution in [0.4, 0.5) is 0 Å². The van der Waals surface area contributed by atoms with Crippen molar-refractivity contribution in [1.82, 2.24) is 0 Å². The molecular weight excluding hydrogens is 176 g/mol. The van der Waals surface area contributed by atoms with Crippen molar-refractivity contribution in [1.29, 1.82) is 0 Å². The molecule has 0 fully saturated rings. The third-order valence-corrected chi connectivity index (χ3v) is 2.69. The number of aliphatic hydroxyl groups is 1. The van der Waals surface area contributed by atoms with Gasteiger partial charge >= 0.3 is 0 Å². The van der Waals surface area contributed by atoms with Crippen LogP contribution in [-0.2, 0) is 6.42 Å². The van der Waals surface area contributed by atoms with E-state index in [0.717, 1.165) is 18.6 Å². The topological polar surface area (TPSA) is 29.5 Å². The molecule has 2 rings (SSSR count). The molecule has 2 unspecified atom stereocenters. The predicted octanol–water partition coefficient (Wildman–Crippen LogP) is 2.01. The fourth-order valence-corrected chi connectivity index (χ4v) is 1.91. The molecule has 76 valence electrons. The minimum atomic E-state index is 0.246. The molecule has 1 aromatic rings. The molecule has 1 N–H and O–H groups in total. The molecule has 0 amide bonds. The minimum absolute atomic E-state index is 0.246. The number of hydrogen-bond donors (Lipinski definition) is 1. The smallest absolute Gasteiger partial charge is 0.123 e. The van der Waals surface area contributed by atoms with Crippen LogP contribution in [0.2, 0.25) is 0 Å². The Morgan fingerprint density at radius 3 is 3.00 bits per heavy atom. The number of rotatable bonds is 3. The summed E-state index contributed by atoms with van der Waals surface area (Å²) in [6, 6.07) is 8.16. The summed E-state index contributed by atoms with van der Waals surface area (Å²) in [5.74, 6) is 1.34. The van der Waals surface area contributed by atoms with E-state index in [4.69, 9.17) is 9.84 Å². The van der Waals surface area contributed by atoms with Crippen LogP contribution in [0.15, 0.2) is 24.3 Å². The van der Waals surface area contributed by atoms with Crippen molar-refractivity contribution in [3.05, 3.63) is 29.8 Å². The second-order valence-electron chi connectivity index (χ2n) is 4.08. The second kappa shape index (κ2) is 4.01. The Labute approximate surface area is 84.5 Å². The Bertz CT molecular complexity index is 284. The highest BCUT2D eigenvalue weighted by Gasteiger charge is 2.23. The van der Waals surface area contributed by atoms with Crippen LogP contribution in [0.5, 0.6) is 5.75 Å². The number of benzene rings is 1. The third-order valence-electron chi connectivity index (χ3n) is 2.69. The molecule has 1 aromatic carbocycles. The van der Waals surface area contributed by atoms with Gasteiger partial charge in [-0.1, -0.05) is 25.1 Å². The van der Waals surface area contributed by atoms with Gasteiger partial charge in [-0.15, -0.1) is 0 Å². The summed E-state index contributed by atoms with van der Waals surface area (Å²) >= 11 is 0. The zero-order valence-electron chi connectivity index (χ0n) is 8.44. The van der Waals surface area contributed by atoms with Crippen LogP contribution < -0.4 is 4.74 Å². The normalized spacial score (nSPS) is 21.4. The molecule has 0 saturated heterocycles. The Kier molecular flexibility index (Phi) is 2.73. The zero-order valence-corrected chi connectivity index (χ0v) is 8.44. The third kappa shape index (κ3) is 1.90. The summed E-state index contributed by atoms with van der Waals surface area (Å²) < 4.78 is 5.77. The van der Waals surface area contributed by atoms with Crippen molar-refractivity contribution in [2.75, 3.05) is 6.61 Å². The van der Waals surface area contributed by atoms with Crippen LogP contribution >= 0.6 is 0 Å². The molecule has 0 aliphatic carbocycles. The van der Waals surface area contributed by atoms with Gasteiger partial charge in [-0.25, -0.2) is 0 Å². The Balaban J connectivity index is 1.98. The second-order valence-corrected chi connectivity index (χ2v) is 4.08. The van der Waals surface area contributed by atoms with E-state index in [2.05, 4.69) is 6.07 Å². The Morgan fingerprint density at radius 1 is 1.50 bits per heavy atom. The van der Waals surface area contributed by atoms with Gasteiger partial charge in [0.15, 0.2) is 0 Å². The lowest BCUT2D eigenvalue weighted by molar-refractivity contribution is 0.158. The number of hydrogen-bond acceptors (Lipinski definition) is 2. The summed E-state index contributed by atoms with van der Waals surface area (Å²) in [5, 5.41) is 8.96. The lowest BCUT2D eigenvalue weighted by Crippen LogP contribution is -2.18. The highest BCUT2D eigenvalue weighted by atomic mass is 16.5. The maximum atomic E-state index is 8.96. The molecule has 0 aromatic heterocycles. The first kappa shape index (κ1) is 9.53. The van der Waals surface area contributed by atoms with Crippen molar-refractivity contribution < 1.29 is 9.84 Å². The van der Waals surface area contributed by atoms with Gasteiger partial charge in [0, 0.05) is 13.0 Å². The Hall–Kier alpha value is -1.02. The summed E-state index contributed by atoms with van der Waals surface area (Å²) in [6.07, 6.45) is 2.18. The van der Waals surface area contributed by atoms with Crippen molar-refractivity contribution >= 4 is 0 Å². The van der Waals surface area contributed by atoms with E-state index in [-0.39, 0.29) is 12.7 Å². The van der Waals surface area contributed by atoms with Gasteiger partial charge in [0.1, 0.15) is 11.9 Å². The molecule has 14 heavy (non-hydrogen) atoms. The molecule has 0 bridgehead atoms. The van der Waals surface area contributed by atoms with Crippen LogP contribution in [0, 0.1) is 5.92 Å². The van der Waals surface area contributed by atoms with Crippen LogP contribution in [-0.4, -0.2) is 17.8 Å². The lowest BCUT2D eigenvalue weighted by atomic mass is 10.0. The number of fused-ring (bicyclic) bond motifs is 1. The summed E-state index contributed by atoms with van der Waals surface area (Å²) in [5.41, 5.74) is 1.29. The first-order valence-corrected chi connectivity index (χ1v) is 5.15. The standard InChI is InChI=1S/C12H16O2/c1-9(8-13)6-11-7-10-4-2-3-5-12(10)14-11/h2-5,9,11,13H,6-8H2,1H3. The van der Waals surface area contributed by atoms with Crippen molar-refractivity contribution in [2.24, 2.45) is 5.92 Å². The number of para-hydroxylation sites is 1. The molecule has 0 radical (unpaired) electrons. The maximum absolute atomic E-state index is 8.96. The van der Waals surface area contributed by atoms with Gasteiger partial charge < -0.3 is 9.84 Å². The van der Waals surface area contributed by atoms with E-state index in [9.17, 15) is 0 Å². The molecule has 1 heterocycles. The highest BCUT2D eigenvalue weighted by molar-refractivity contribution is 5.37. The molecule has 0 saturated carbocycles. The molecule has 1 aliphatic heterocycles. The first-order chi connectivity index (χ1) is 6.79. The lowest BCUT2D eigenvalue weighted by Gasteiger charge is -2.14. The fourth-order valence-electron chi connectivity index (χ4n) is 1.91. The quantitative estimate of drug-likeness (QED) is 0.793. The van der Waals surface area contributed by atoms with E-state index in [1.165, 1.54) is 5.56 Å². The molecule has 2 atom stereocenters. The van der Waals surface area contributed by atoms with E-state index >= 15 is 0 Å². The van der Waals surface area contributed by atoms with Gasteiger partial charge in [0.2, 0.25) is 0 Å². The first-order valence-electron chi connectivity index (χ1n) is 5.15. The fraction of sp³-hybridized carbons (Fsp3) is 0.500. The van der Waals surface area contributed by atoms with Crippen molar-refractivity contribution in [3.63, 3.8) is 0 Å². The van der Waals surface area contributed by atoms with Gasteiger partial charge in [-0.3, -0.25) is 0 Å². The average Bonchev–Trinajstić information content (AvgIpc) is 2.59. The van der Waals surface area contributed by atoms with E-state index in [0.29, 0.717) is 5.92 Å². The Morgan fingerprint density at radius 2 is 2.29 bits per heavy atom. The predicted molar refractivity (Wildman–Crippen MR) is 55.4 cm³/mol. The van der Waals surface area contributed by atoms with Crippen LogP contribution in [0.1, 0.15) is 18.9 Å². The SMILES string of the molecule is CC(CO)CC1Cc2ccccc2O1. The van der Waals surface area contributed by atoms with Gasteiger partial charge in [0.25, 0.3) is 0 Å². The molecular formula is C12H16O2. The summed E-state index contributed by atoms with van der Waals surface area (Å²) in [4.78, 5) is 0. The van der Waals surface area contributed by atoms with Crippen molar-refractivity contribution in [2.45, 2.75) is 25.9 Å². The molecule has 2 heteroatoms. The maximum Gasteiger partial charge on any atom is 0.123 e. The summed E-state index contributed by atoms with van der Waals surface area (Å²) in [6.45, 7) is 2.29. The van der Waals surface area contributed by atoms with Gasteiger partial charge in [0.05, 0.1) is 0 Å². The zero-order chi connectivity index (χ0) is 9.97. The van der Waals surface area contributed by atoms with Crippen LogP contribution in [0.25, 0.3) is 0 Å². The molecule has 0 spiro atoms.